The van der Waals surface area contributed by atoms with Crippen molar-refractivity contribution in [3.8, 4) is 5.75 Å². The molecule has 2 amide bonds. The van der Waals surface area contributed by atoms with Crippen LogP contribution >= 0.6 is 0 Å². The summed E-state index contributed by atoms with van der Waals surface area (Å²) in [6.07, 6.45) is 0. The molecule has 0 spiro atoms. The third kappa shape index (κ3) is 6.02. The first-order valence-corrected chi connectivity index (χ1v) is 8.99. The average molecular weight is 370 g/mol. The number of carbonyl (C=O) groups is 2. The summed E-state index contributed by atoms with van der Waals surface area (Å²) in [7, 11) is 0. The highest BCUT2D eigenvalue weighted by Gasteiger charge is 2.17. The summed E-state index contributed by atoms with van der Waals surface area (Å²) in [6, 6.07) is 14.1. The summed E-state index contributed by atoms with van der Waals surface area (Å²) in [4.78, 5) is 25.2. The zero-order valence-corrected chi connectivity index (χ0v) is 15.9. The molecule has 27 heavy (non-hydrogen) atoms. The Kier molecular flexibility index (Phi) is 7.23. The molecule has 0 atom stereocenters. The molecule has 2 N–H and O–H groups in total. The number of hydrogen-bond donors (Lipinski definition) is 2. The molecule has 0 aliphatic rings. The Hall–Kier alpha value is -3.02. The third-order valence-electron chi connectivity index (χ3n) is 4.12. The van der Waals surface area contributed by atoms with E-state index in [1.165, 1.54) is 12.1 Å². The summed E-state index contributed by atoms with van der Waals surface area (Å²) in [5.41, 5.74) is 2.09. The lowest BCUT2D eigenvalue weighted by molar-refractivity contribution is 0.0697. The van der Waals surface area contributed by atoms with Crippen molar-refractivity contribution in [2.75, 3.05) is 6.61 Å². The second-order valence-corrected chi connectivity index (χ2v) is 6.46. The van der Waals surface area contributed by atoms with Crippen molar-refractivity contribution in [1.29, 1.82) is 0 Å². The number of carboxylic acid groups (broad SMARTS) is 1. The van der Waals surface area contributed by atoms with Gasteiger partial charge in [0.2, 0.25) is 0 Å². The molecule has 0 radical (unpaired) electrons. The van der Waals surface area contributed by atoms with Gasteiger partial charge in [0, 0.05) is 19.1 Å². The molecule has 0 fully saturated rings. The normalized spacial score (nSPS) is 10.5. The largest absolute Gasteiger partial charge is 0.494 e. The summed E-state index contributed by atoms with van der Waals surface area (Å²) >= 11 is 0. The summed E-state index contributed by atoms with van der Waals surface area (Å²) in [5, 5.41) is 11.8. The van der Waals surface area contributed by atoms with Gasteiger partial charge in [-0.3, -0.25) is 0 Å². The molecular formula is C21H26N2O4. The summed E-state index contributed by atoms with van der Waals surface area (Å²) < 4.78 is 5.44. The lowest BCUT2D eigenvalue weighted by atomic mass is 10.1. The summed E-state index contributed by atoms with van der Waals surface area (Å²) in [5.74, 6) is -0.154. The lowest BCUT2D eigenvalue weighted by Gasteiger charge is -2.27. The van der Waals surface area contributed by atoms with Crippen LogP contribution in [0.4, 0.5) is 4.79 Å². The number of nitrogens with one attached hydrogen (secondary N) is 1. The van der Waals surface area contributed by atoms with E-state index in [0.717, 1.165) is 16.9 Å². The van der Waals surface area contributed by atoms with Crippen molar-refractivity contribution in [3.63, 3.8) is 0 Å². The van der Waals surface area contributed by atoms with Crippen LogP contribution in [0.5, 0.6) is 5.75 Å². The maximum atomic E-state index is 12.6. The van der Waals surface area contributed by atoms with Gasteiger partial charge in [-0.15, -0.1) is 0 Å². The van der Waals surface area contributed by atoms with Crippen LogP contribution in [-0.2, 0) is 13.1 Å². The van der Waals surface area contributed by atoms with Gasteiger partial charge in [-0.05, 0) is 56.2 Å². The van der Waals surface area contributed by atoms with Gasteiger partial charge < -0.3 is 20.1 Å². The topological polar surface area (TPSA) is 78.9 Å². The minimum Gasteiger partial charge on any atom is -0.494 e. The molecule has 6 heteroatoms. The Morgan fingerprint density at radius 2 is 1.63 bits per heavy atom. The fourth-order valence-corrected chi connectivity index (χ4v) is 2.59. The van der Waals surface area contributed by atoms with Crippen LogP contribution in [-0.4, -0.2) is 34.7 Å². The van der Waals surface area contributed by atoms with Gasteiger partial charge in [-0.25, -0.2) is 9.59 Å². The first-order valence-electron chi connectivity index (χ1n) is 8.99. The summed E-state index contributed by atoms with van der Waals surface area (Å²) in [6.45, 7) is 7.33. The van der Waals surface area contributed by atoms with E-state index >= 15 is 0 Å². The Morgan fingerprint density at radius 3 is 2.15 bits per heavy atom. The van der Waals surface area contributed by atoms with E-state index in [1.54, 1.807) is 17.0 Å². The Bertz CT molecular complexity index is 755. The molecule has 0 saturated carbocycles. The predicted molar refractivity (Wildman–Crippen MR) is 104 cm³/mol. The fraction of sp³-hybridized carbons (Fsp3) is 0.333. The molecular weight excluding hydrogens is 344 g/mol. The van der Waals surface area contributed by atoms with Gasteiger partial charge in [0.15, 0.2) is 0 Å². The molecule has 0 bridgehead atoms. The number of urea groups is 1. The molecule has 0 aliphatic carbocycles. The molecule has 2 aromatic rings. The van der Waals surface area contributed by atoms with Crippen molar-refractivity contribution in [3.05, 3.63) is 65.2 Å². The molecule has 2 aromatic carbocycles. The minimum atomic E-state index is -0.966. The monoisotopic (exact) mass is 370 g/mol. The van der Waals surface area contributed by atoms with Gasteiger partial charge in [-0.2, -0.15) is 0 Å². The second-order valence-electron chi connectivity index (χ2n) is 6.46. The van der Waals surface area contributed by atoms with Crippen LogP contribution in [0.25, 0.3) is 0 Å². The van der Waals surface area contributed by atoms with E-state index in [0.29, 0.717) is 19.7 Å². The van der Waals surface area contributed by atoms with E-state index in [2.05, 4.69) is 5.32 Å². The number of rotatable bonds is 8. The van der Waals surface area contributed by atoms with Crippen molar-refractivity contribution in [2.45, 2.75) is 39.9 Å². The quantitative estimate of drug-likeness (QED) is 0.739. The zero-order chi connectivity index (χ0) is 19.8. The van der Waals surface area contributed by atoms with Crippen LogP contribution in [0.3, 0.4) is 0 Å². The molecule has 0 aromatic heterocycles. The number of amides is 2. The van der Waals surface area contributed by atoms with Crippen molar-refractivity contribution in [2.24, 2.45) is 0 Å². The van der Waals surface area contributed by atoms with Crippen LogP contribution < -0.4 is 10.1 Å². The molecule has 0 unspecified atom stereocenters. The maximum absolute atomic E-state index is 12.6. The maximum Gasteiger partial charge on any atom is 0.335 e. The zero-order valence-electron chi connectivity index (χ0n) is 15.9. The molecule has 0 heterocycles. The van der Waals surface area contributed by atoms with E-state index in [9.17, 15) is 9.59 Å². The number of aromatic carboxylic acids is 1. The van der Waals surface area contributed by atoms with Crippen molar-refractivity contribution < 1.29 is 19.4 Å². The van der Waals surface area contributed by atoms with E-state index in [1.807, 2.05) is 45.0 Å². The van der Waals surface area contributed by atoms with Crippen LogP contribution in [0.2, 0.25) is 0 Å². The van der Waals surface area contributed by atoms with Crippen LogP contribution in [0.15, 0.2) is 48.5 Å². The number of carboxylic acids is 1. The van der Waals surface area contributed by atoms with Gasteiger partial charge in [0.25, 0.3) is 0 Å². The standard InChI is InChI=1S/C21H26N2O4/c1-4-27-19-11-7-17(8-12-19)14-23(15(2)3)21(26)22-13-16-5-9-18(10-6-16)20(24)25/h5-12,15H,4,13-14H2,1-3H3,(H,22,26)(H,24,25). The molecule has 0 saturated heterocycles. The Labute approximate surface area is 159 Å². The van der Waals surface area contributed by atoms with Gasteiger partial charge in [-0.1, -0.05) is 24.3 Å². The van der Waals surface area contributed by atoms with Gasteiger partial charge >= 0.3 is 12.0 Å². The third-order valence-corrected chi connectivity index (χ3v) is 4.12. The van der Waals surface area contributed by atoms with Crippen LogP contribution in [0.1, 0.15) is 42.3 Å². The number of ether oxygens (including phenoxy) is 1. The molecule has 0 aliphatic heterocycles. The second kappa shape index (κ2) is 9.62. The number of hydrogen-bond acceptors (Lipinski definition) is 3. The van der Waals surface area contributed by atoms with Gasteiger partial charge in [0.05, 0.1) is 12.2 Å². The van der Waals surface area contributed by atoms with E-state index in [4.69, 9.17) is 9.84 Å². The predicted octanol–water partition coefficient (Wildman–Crippen LogP) is 3.90. The Balaban J connectivity index is 1.96. The van der Waals surface area contributed by atoms with E-state index in [-0.39, 0.29) is 17.6 Å². The van der Waals surface area contributed by atoms with E-state index < -0.39 is 5.97 Å². The molecule has 6 nitrogen and oxygen atoms in total. The highest BCUT2D eigenvalue weighted by atomic mass is 16.5. The van der Waals surface area contributed by atoms with Gasteiger partial charge in [0.1, 0.15) is 5.75 Å². The smallest absolute Gasteiger partial charge is 0.335 e. The van der Waals surface area contributed by atoms with Crippen molar-refractivity contribution >= 4 is 12.0 Å². The SMILES string of the molecule is CCOc1ccc(CN(C(=O)NCc2ccc(C(=O)O)cc2)C(C)C)cc1. The highest BCUT2D eigenvalue weighted by molar-refractivity contribution is 5.87. The highest BCUT2D eigenvalue weighted by Crippen LogP contribution is 2.15. The first kappa shape index (κ1) is 20.3. The molecule has 2 rings (SSSR count). The number of carbonyl (C=O) groups excluding carboxylic acids is 1. The number of nitrogens with zero attached hydrogens (tertiary/aromatic N) is 1. The fourth-order valence-electron chi connectivity index (χ4n) is 2.59. The number of benzene rings is 2. The Morgan fingerprint density at radius 1 is 1.04 bits per heavy atom. The average Bonchev–Trinajstić information content (AvgIpc) is 2.65. The first-order chi connectivity index (χ1) is 12.9. The minimum absolute atomic E-state index is 0.0333. The van der Waals surface area contributed by atoms with Crippen LogP contribution in [0, 0.1) is 0 Å². The lowest BCUT2D eigenvalue weighted by Crippen LogP contribution is -2.43. The van der Waals surface area contributed by atoms with Crippen molar-refractivity contribution in [1.82, 2.24) is 10.2 Å². The molecule has 144 valence electrons.